The number of nitrogens with zero attached hydrogens (tertiary/aromatic N) is 2. The standard InChI is InChI=1S/C8H12N2/c1-10(2)8-4-3-7(5-8)6-9/h3,8H,4-5H2,1-2H3. The van der Waals surface area contributed by atoms with E-state index in [1.165, 1.54) is 0 Å². The summed E-state index contributed by atoms with van der Waals surface area (Å²) < 4.78 is 0. The van der Waals surface area contributed by atoms with E-state index in [9.17, 15) is 0 Å². The Balaban J connectivity index is 2.46. The predicted molar refractivity (Wildman–Crippen MR) is 40.4 cm³/mol. The van der Waals surface area contributed by atoms with E-state index >= 15 is 0 Å². The molecule has 0 fully saturated rings. The lowest BCUT2D eigenvalue weighted by molar-refractivity contribution is 0.305. The maximum absolute atomic E-state index is 8.53. The average molecular weight is 136 g/mol. The van der Waals surface area contributed by atoms with Gasteiger partial charge in [-0.3, -0.25) is 0 Å². The van der Waals surface area contributed by atoms with Crippen LogP contribution in [0, 0.1) is 11.3 Å². The molecule has 10 heavy (non-hydrogen) atoms. The lowest BCUT2D eigenvalue weighted by Crippen LogP contribution is -2.24. The van der Waals surface area contributed by atoms with Crippen LogP contribution in [0.4, 0.5) is 0 Å². The van der Waals surface area contributed by atoms with Gasteiger partial charge < -0.3 is 4.90 Å². The third-order valence-electron chi connectivity index (χ3n) is 1.97. The van der Waals surface area contributed by atoms with Gasteiger partial charge in [-0.25, -0.2) is 0 Å². The molecule has 0 aromatic carbocycles. The minimum atomic E-state index is 0.564. The van der Waals surface area contributed by atoms with Crippen LogP contribution < -0.4 is 0 Å². The Labute approximate surface area is 61.8 Å². The summed E-state index contributed by atoms with van der Waals surface area (Å²) in [6, 6.07) is 2.75. The van der Waals surface area contributed by atoms with E-state index in [4.69, 9.17) is 5.26 Å². The molecule has 0 spiro atoms. The van der Waals surface area contributed by atoms with Crippen LogP contribution in [-0.2, 0) is 0 Å². The van der Waals surface area contributed by atoms with Gasteiger partial charge in [-0.1, -0.05) is 6.08 Å². The molecular weight excluding hydrogens is 124 g/mol. The van der Waals surface area contributed by atoms with Crippen LogP contribution in [0.15, 0.2) is 11.6 Å². The summed E-state index contributed by atoms with van der Waals surface area (Å²) in [6.07, 6.45) is 4.00. The van der Waals surface area contributed by atoms with Gasteiger partial charge in [0.2, 0.25) is 0 Å². The summed E-state index contributed by atoms with van der Waals surface area (Å²) in [5.74, 6) is 0. The monoisotopic (exact) mass is 136 g/mol. The van der Waals surface area contributed by atoms with E-state index in [1.54, 1.807) is 0 Å². The molecule has 0 aliphatic heterocycles. The second-order valence-corrected chi connectivity index (χ2v) is 2.90. The van der Waals surface area contributed by atoms with Gasteiger partial charge in [0.05, 0.1) is 6.07 Å². The first-order valence-corrected chi connectivity index (χ1v) is 3.49. The van der Waals surface area contributed by atoms with Crippen molar-refractivity contribution < 1.29 is 0 Å². The molecular formula is C8H12N2. The number of hydrogen-bond donors (Lipinski definition) is 0. The van der Waals surface area contributed by atoms with Gasteiger partial charge >= 0.3 is 0 Å². The highest BCUT2D eigenvalue weighted by Gasteiger charge is 2.17. The van der Waals surface area contributed by atoms with Crippen LogP contribution in [0.25, 0.3) is 0 Å². The first kappa shape index (κ1) is 7.30. The minimum Gasteiger partial charge on any atom is -0.306 e. The summed E-state index contributed by atoms with van der Waals surface area (Å²) >= 11 is 0. The fraction of sp³-hybridized carbons (Fsp3) is 0.625. The molecule has 1 unspecified atom stereocenters. The summed E-state index contributed by atoms with van der Waals surface area (Å²) in [7, 11) is 4.11. The van der Waals surface area contributed by atoms with Crippen molar-refractivity contribution in [2.24, 2.45) is 0 Å². The molecule has 1 aliphatic rings. The summed E-state index contributed by atoms with van der Waals surface area (Å²) in [5.41, 5.74) is 0.943. The van der Waals surface area contributed by atoms with Crippen molar-refractivity contribution in [3.8, 4) is 6.07 Å². The van der Waals surface area contributed by atoms with Crippen molar-refractivity contribution >= 4 is 0 Å². The second-order valence-electron chi connectivity index (χ2n) is 2.90. The number of hydrogen-bond acceptors (Lipinski definition) is 2. The normalized spacial score (nSPS) is 24.6. The second kappa shape index (κ2) is 2.85. The molecule has 0 aromatic rings. The molecule has 0 radical (unpaired) electrons. The first-order valence-electron chi connectivity index (χ1n) is 3.49. The third-order valence-corrected chi connectivity index (χ3v) is 1.97. The topological polar surface area (TPSA) is 27.0 Å². The number of rotatable bonds is 1. The highest BCUT2D eigenvalue weighted by atomic mass is 15.1. The van der Waals surface area contributed by atoms with E-state index < -0.39 is 0 Å². The largest absolute Gasteiger partial charge is 0.306 e. The lowest BCUT2D eigenvalue weighted by atomic mass is 10.2. The van der Waals surface area contributed by atoms with E-state index in [1.807, 2.05) is 6.08 Å². The molecule has 1 aliphatic carbocycles. The smallest absolute Gasteiger partial charge is 0.0944 e. The van der Waals surface area contributed by atoms with Gasteiger partial charge in [0, 0.05) is 11.6 Å². The highest BCUT2D eigenvalue weighted by Crippen LogP contribution is 2.20. The first-order chi connectivity index (χ1) is 4.74. The van der Waals surface area contributed by atoms with Crippen molar-refractivity contribution in [1.29, 1.82) is 5.26 Å². The molecule has 54 valence electrons. The molecule has 0 bridgehead atoms. The molecule has 0 amide bonds. The molecule has 0 saturated heterocycles. The predicted octanol–water partition coefficient (Wildman–Crippen LogP) is 1.16. The van der Waals surface area contributed by atoms with Crippen LogP contribution in [0.2, 0.25) is 0 Å². The van der Waals surface area contributed by atoms with Crippen molar-refractivity contribution in [3.05, 3.63) is 11.6 Å². The fourth-order valence-electron chi connectivity index (χ4n) is 1.18. The van der Waals surface area contributed by atoms with Crippen LogP contribution in [0.5, 0.6) is 0 Å². The Morgan fingerprint density at radius 3 is 2.70 bits per heavy atom. The molecule has 1 rings (SSSR count). The van der Waals surface area contributed by atoms with Gasteiger partial charge in [0.25, 0.3) is 0 Å². The Bertz CT molecular complexity index is 186. The van der Waals surface area contributed by atoms with Gasteiger partial charge in [-0.05, 0) is 26.9 Å². The molecule has 0 aromatic heterocycles. The summed E-state index contributed by atoms with van der Waals surface area (Å²) in [6.45, 7) is 0. The van der Waals surface area contributed by atoms with Crippen LogP contribution >= 0.6 is 0 Å². The van der Waals surface area contributed by atoms with Crippen LogP contribution in [0.3, 0.4) is 0 Å². The molecule has 2 nitrogen and oxygen atoms in total. The van der Waals surface area contributed by atoms with E-state index in [0.29, 0.717) is 6.04 Å². The summed E-state index contributed by atoms with van der Waals surface area (Å²) in [4.78, 5) is 2.17. The van der Waals surface area contributed by atoms with Crippen molar-refractivity contribution in [2.75, 3.05) is 14.1 Å². The van der Waals surface area contributed by atoms with Gasteiger partial charge in [-0.2, -0.15) is 5.26 Å². The molecule has 0 N–H and O–H groups in total. The Kier molecular flexibility index (Phi) is 2.08. The maximum atomic E-state index is 8.53. The zero-order valence-corrected chi connectivity index (χ0v) is 6.46. The van der Waals surface area contributed by atoms with Crippen LogP contribution in [-0.4, -0.2) is 25.0 Å². The molecule has 2 heteroatoms. The zero-order chi connectivity index (χ0) is 7.56. The maximum Gasteiger partial charge on any atom is 0.0944 e. The van der Waals surface area contributed by atoms with Crippen molar-refractivity contribution in [3.63, 3.8) is 0 Å². The minimum absolute atomic E-state index is 0.564. The fourth-order valence-corrected chi connectivity index (χ4v) is 1.18. The Hall–Kier alpha value is -0.810. The Morgan fingerprint density at radius 1 is 1.70 bits per heavy atom. The zero-order valence-electron chi connectivity index (χ0n) is 6.46. The number of nitriles is 1. The van der Waals surface area contributed by atoms with Crippen molar-refractivity contribution in [1.82, 2.24) is 4.90 Å². The summed E-state index contributed by atoms with van der Waals surface area (Å²) in [5, 5.41) is 8.53. The van der Waals surface area contributed by atoms with Gasteiger partial charge in [0.1, 0.15) is 0 Å². The average Bonchev–Trinajstić information content (AvgIpc) is 2.34. The molecule has 0 saturated carbocycles. The lowest BCUT2D eigenvalue weighted by Gasteiger charge is -2.17. The Morgan fingerprint density at radius 2 is 2.40 bits per heavy atom. The van der Waals surface area contributed by atoms with Crippen LogP contribution in [0.1, 0.15) is 12.8 Å². The molecule has 1 atom stereocenters. The van der Waals surface area contributed by atoms with E-state index in [0.717, 1.165) is 18.4 Å². The van der Waals surface area contributed by atoms with E-state index in [-0.39, 0.29) is 0 Å². The highest BCUT2D eigenvalue weighted by molar-refractivity contribution is 5.26. The van der Waals surface area contributed by atoms with Crippen molar-refractivity contribution in [2.45, 2.75) is 18.9 Å². The third kappa shape index (κ3) is 1.37. The quantitative estimate of drug-likeness (QED) is 0.541. The SMILES string of the molecule is CN(C)C1CC=C(C#N)C1. The van der Waals surface area contributed by atoms with E-state index in [2.05, 4.69) is 25.1 Å². The van der Waals surface area contributed by atoms with Gasteiger partial charge in [0.15, 0.2) is 0 Å². The van der Waals surface area contributed by atoms with Gasteiger partial charge in [-0.15, -0.1) is 0 Å². The molecule has 0 heterocycles.